The molecule has 24 heavy (non-hydrogen) atoms. The quantitative estimate of drug-likeness (QED) is 0.615. The van der Waals surface area contributed by atoms with Crippen molar-refractivity contribution < 1.29 is 45.8 Å². The number of amides is 1. The molecule has 1 aromatic rings. The molecule has 0 unspecified atom stereocenters. The maximum absolute atomic E-state index is 12.4. The molecule has 1 aliphatic rings. The molecule has 1 amide bonds. The number of fused-ring (bicyclic) bond motifs is 1. The lowest BCUT2D eigenvalue weighted by atomic mass is 10.2. The number of hydrogen-bond donors (Lipinski definition) is 3. The third-order valence-corrected chi connectivity index (χ3v) is 2.56. The first kappa shape index (κ1) is 19.5. The Morgan fingerprint density at radius 2 is 1.79 bits per heavy atom. The van der Waals surface area contributed by atoms with Gasteiger partial charge in [0, 0.05) is 0 Å². The van der Waals surface area contributed by atoms with E-state index >= 15 is 0 Å². The normalized spacial score (nSPS) is 17.5. The third kappa shape index (κ3) is 5.30. The fourth-order valence-electron chi connectivity index (χ4n) is 1.40. The van der Waals surface area contributed by atoms with Gasteiger partial charge in [-0.05, 0) is 18.2 Å². The highest BCUT2D eigenvalue weighted by Gasteiger charge is 2.38. The van der Waals surface area contributed by atoms with Gasteiger partial charge in [0.2, 0.25) is 5.91 Å². The first-order valence-electron chi connectivity index (χ1n) is 6.03. The number of ether oxygens (including phenoxy) is 1. The van der Waals surface area contributed by atoms with Crippen molar-refractivity contribution in [3.8, 4) is 5.75 Å². The van der Waals surface area contributed by atoms with Crippen molar-refractivity contribution in [2.75, 3.05) is 11.9 Å². The van der Waals surface area contributed by atoms with Crippen molar-refractivity contribution in [2.24, 2.45) is 5.73 Å². The molecule has 0 aromatic heterocycles. The maximum Gasteiger partial charge on any atom is 0.490 e. The summed E-state index contributed by atoms with van der Waals surface area (Å²) in [7, 11) is 0. The Morgan fingerprint density at radius 1 is 1.25 bits per heavy atom. The van der Waals surface area contributed by atoms with Crippen LogP contribution in [-0.2, 0) is 15.8 Å². The van der Waals surface area contributed by atoms with Crippen LogP contribution in [0.5, 0.6) is 5.75 Å². The summed E-state index contributed by atoms with van der Waals surface area (Å²) in [5, 5.41) is 9.52. The molecule has 1 heterocycles. The number of anilines is 1. The third-order valence-electron chi connectivity index (χ3n) is 2.56. The van der Waals surface area contributed by atoms with Crippen molar-refractivity contribution in [1.29, 1.82) is 0 Å². The predicted octanol–water partition coefficient (Wildman–Crippen LogP) is 2.00. The average Bonchev–Trinajstić information content (AvgIpc) is 2.57. The topological polar surface area (TPSA) is 102 Å². The first-order valence-corrected chi connectivity index (χ1v) is 6.03. The van der Waals surface area contributed by atoms with Crippen LogP contribution in [0.15, 0.2) is 18.2 Å². The van der Waals surface area contributed by atoms with Crippen LogP contribution in [0.3, 0.4) is 0 Å². The fraction of sp³-hybridized carbons (Fsp3) is 0.333. The molecule has 0 radical (unpaired) electrons. The van der Waals surface area contributed by atoms with Crippen molar-refractivity contribution in [2.45, 2.75) is 18.4 Å². The van der Waals surface area contributed by atoms with Crippen LogP contribution in [0.25, 0.3) is 0 Å². The molecule has 12 heteroatoms. The minimum atomic E-state index is -5.08. The van der Waals surface area contributed by atoms with Crippen LogP contribution in [0, 0.1) is 0 Å². The Morgan fingerprint density at radius 3 is 2.25 bits per heavy atom. The van der Waals surface area contributed by atoms with Gasteiger partial charge in [-0.1, -0.05) is 0 Å². The summed E-state index contributed by atoms with van der Waals surface area (Å²) in [6, 6.07) is 1.97. The van der Waals surface area contributed by atoms with E-state index in [1.54, 1.807) is 0 Å². The molecule has 1 aromatic carbocycles. The number of carbonyl (C=O) groups is 2. The maximum atomic E-state index is 12.4. The van der Waals surface area contributed by atoms with Gasteiger partial charge in [0.15, 0.2) is 0 Å². The van der Waals surface area contributed by atoms with Crippen molar-refractivity contribution in [3.05, 3.63) is 23.8 Å². The number of halogens is 6. The SMILES string of the molecule is N[C@H]1COc2cc(C(F)(F)F)ccc2NC1=O.O=C(O)C(F)(F)F. The number of rotatable bonds is 0. The van der Waals surface area contributed by atoms with Crippen LogP contribution >= 0.6 is 0 Å². The lowest BCUT2D eigenvalue weighted by molar-refractivity contribution is -0.192. The van der Waals surface area contributed by atoms with Crippen molar-refractivity contribution >= 4 is 17.6 Å². The molecular weight excluding hydrogens is 350 g/mol. The Kier molecular flexibility index (Phi) is 5.66. The van der Waals surface area contributed by atoms with E-state index in [1.165, 1.54) is 0 Å². The first-order chi connectivity index (χ1) is 10.8. The fourth-order valence-corrected chi connectivity index (χ4v) is 1.40. The van der Waals surface area contributed by atoms with Gasteiger partial charge in [0.05, 0.1) is 11.3 Å². The lowest BCUT2D eigenvalue weighted by Crippen LogP contribution is -2.38. The van der Waals surface area contributed by atoms with Gasteiger partial charge in [0.1, 0.15) is 18.4 Å². The van der Waals surface area contributed by atoms with Crippen LogP contribution in [0.1, 0.15) is 5.56 Å². The van der Waals surface area contributed by atoms with Gasteiger partial charge in [-0.2, -0.15) is 26.3 Å². The molecule has 0 spiro atoms. The zero-order valence-electron chi connectivity index (χ0n) is 11.5. The monoisotopic (exact) mass is 360 g/mol. The van der Waals surface area contributed by atoms with Gasteiger partial charge in [0.25, 0.3) is 0 Å². The van der Waals surface area contributed by atoms with Crippen molar-refractivity contribution in [3.63, 3.8) is 0 Å². The molecule has 6 nitrogen and oxygen atoms in total. The van der Waals surface area contributed by atoms with Gasteiger partial charge in [-0.25, -0.2) is 4.79 Å². The molecule has 1 aliphatic heterocycles. The summed E-state index contributed by atoms with van der Waals surface area (Å²) in [5.41, 5.74) is 4.78. The summed E-state index contributed by atoms with van der Waals surface area (Å²) >= 11 is 0. The van der Waals surface area contributed by atoms with Crippen LogP contribution in [-0.4, -0.2) is 35.8 Å². The molecule has 0 saturated heterocycles. The van der Waals surface area contributed by atoms with Crippen LogP contribution in [0.2, 0.25) is 0 Å². The van der Waals surface area contributed by atoms with E-state index in [-0.39, 0.29) is 18.0 Å². The van der Waals surface area contributed by atoms with Gasteiger partial charge in [-0.15, -0.1) is 0 Å². The van der Waals surface area contributed by atoms with Crippen LogP contribution < -0.4 is 15.8 Å². The minimum Gasteiger partial charge on any atom is -0.489 e. The summed E-state index contributed by atoms with van der Waals surface area (Å²) in [4.78, 5) is 20.2. The highest BCUT2D eigenvalue weighted by Crippen LogP contribution is 2.35. The van der Waals surface area contributed by atoms with E-state index in [0.717, 1.165) is 18.2 Å². The molecule has 0 bridgehead atoms. The summed E-state index contributed by atoms with van der Waals surface area (Å²) in [6.45, 7) is -0.153. The standard InChI is InChI=1S/C10H9F3N2O2.C2HF3O2/c11-10(12,13)5-1-2-7-8(3-5)17-4-6(14)9(16)15-7;3-2(4,5)1(6)7/h1-3,6H,4,14H2,(H,15,16);(H,6,7)/t6-;/m0./s1. The summed E-state index contributed by atoms with van der Waals surface area (Å²) in [6.07, 6.45) is -9.53. The van der Waals surface area contributed by atoms with Crippen LogP contribution in [0.4, 0.5) is 32.0 Å². The second kappa shape index (κ2) is 6.95. The Hall–Kier alpha value is -2.50. The molecule has 0 saturated carbocycles. The molecule has 0 fully saturated rings. The van der Waals surface area contributed by atoms with E-state index in [2.05, 4.69) is 5.32 Å². The van der Waals surface area contributed by atoms with E-state index in [0.29, 0.717) is 0 Å². The largest absolute Gasteiger partial charge is 0.490 e. The smallest absolute Gasteiger partial charge is 0.489 e. The summed E-state index contributed by atoms with van der Waals surface area (Å²) in [5.74, 6) is -3.27. The van der Waals surface area contributed by atoms with Gasteiger partial charge in [-0.3, -0.25) is 4.79 Å². The highest BCUT2D eigenvalue weighted by molar-refractivity contribution is 5.96. The second-order valence-electron chi connectivity index (χ2n) is 4.42. The van der Waals surface area contributed by atoms with E-state index in [9.17, 15) is 31.1 Å². The number of alkyl halides is 6. The number of aliphatic carboxylic acids is 1. The lowest BCUT2D eigenvalue weighted by Gasteiger charge is -2.11. The summed E-state index contributed by atoms with van der Waals surface area (Å²) < 4.78 is 74.1. The zero-order valence-corrected chi connectivity index (χ0v) is 11.5. The van der Waals surface area contributed by atoms with E-state index in [1.807, 2.05) is 0 Å². The highest BCUT2D eigenvalue weighted by atomic mass is 19.4. The predicted molar refractivity (Wildman–Crippen MR) is 67.2 cm³/mol. The zero-order chi connectivity index (χ0) is 18.7. The molecule has 134 valence electrons. The number of nitrogens with two attached hydrogens (primary N) is 1. The van der Waals surface area contributed by atoms with Crippen molar-refractivity contribution in [1.82, 2.24) is 0 Å². The number of carboxylic acid groups (broad SMARTS) is 1. The molecule has 1 atom stereocenters. The number of nitrogens with one attached hydrogen (secondary N) is 1. The Labute approximate surface area is 130 Å². The van der Waals surface area contributed by atoms with E-state index < -0.39 is 35.8 Å². The molecule has 4 N–H and O–H groups in total. The number of carbonyl (C=O) groups excluding carboxylic acids is 1. The van der Waals surface area contributed by atoms with Gasteiger partial charge >= 0.3 is 18.3 Å². The van der Waals surface area contributed by atoms with E-state index in [4.69, 9.17) is 20.4 Å². The van der Waals surface area contributed by atoms with Gasteiger partial charge < -0.3 is 20.9 Å². The number of carboxylic acids is 1. The second-order valence-corrected chi connectivity index (χ2v) is 4.42. The number of hydrogen-bond acceptors (Lipinski definition) is 4. The Bertz CT molecular complexity index is 629. The molecule has 2 rings (SSSR count). The average molecular weight is 360 g/mol. The molecule has 0 aliphatic carbocycles. The molecular formula is C12H10F6N2O4. The Balaban J connectivity index is 0.000000351. The number of benzene rings is 1. The minimum absolute atomic E-state index is 0.0267.